The maximum absolute atomic E-state index is 13.2. The van der Waals surface area contributed by atoms with E-state index in [9.17, 15) is 13.2 Å². The Morgan fingerprint density at radius 3 is 2.56 bits per heavy atom. The van der Waals surface area contributed by atoms with Crippen LogP contribution in [0.15, 0.2) is 82.3 Å². The number of rotatable bonds is 8. The average Bonchev–Trinajstić information content (AvgIpc) is 3.21. The number of hydrogen-bond acceptors (Lipinski definition) is 6. The Hall–Kier alpha value is -2.62. The largest absolute Gasteiger partial charge is 0.282 e. The smallest absolute Gasteiger partial charge is 0.229 e. The monoisotopic (exact) mass is 529 g/mol. The molecular weight excluding hydrogens is 510 g/mol. The van der Waals surface area contributed by atoms with Crippen LogP contribution in [0.25, 0.3) is 10.2 Å². The number of pyridine rings is 1. The van der Waals surface area contributed by atoms with Crippen LogP contribution < -0.4 is 4.90 Å². The van der Waals surface area contributed by atoms with Crippen molar-refractivity contribution < 1.29 is 13.2 Å². The lowest BCUT2D eigenvalue weighted by Gasteiger charge is -2.19. The molecule has 4 rings (SSSR count). The van der Waals surface area contributed by atoms with Gasteiger partial charge in [-0.3, -0.25) is 14.7 Å². The van der Waals surface area contributed by atoms with Gasteiger partial charge in [0.2, 0.25) is 5.91 Å². The number of thiazole rings is 1. The van der Waals surface area contributed by atoms with Crippen LogP contribution in [0, 0.1) is 0 Å². The van der Waals surface area contributed by atoms with Crippen molar-refractivity contribution >= 4 is 58.4 Å². The predicted octanol–water partition coefficient (Wildman–Crippen LogP) is 5.24. The van der Waals surface area contributed by atoms with Crippen molar-refractivity contribution in [2.45, 2.75) is 24.3 Å². The summed E-state index contributed by atoms with van der Waals surface area (Å²) >= 11 is 4.89. The number of fused-ring (bicyclic) bond motifs is 1. The maximum Gasteiger partial charge on any atom is 0.229 e. The number of benzene rings is 2. The number of sulfone groups is 1. The number of anilines is 1. The lowest BCUT2D eigenvalue weighted by Crippen LogP contribution is -2.30. The van der Waals surface area contributed by atoms with E-state index < -0.39 is 9.84 Å². The molecule has 0 saturated carbocycles. The van der Waals surface area contributed by atoms with Gasteiger partial charge in [-0.05, 0) is 48.9 Å². The molecule has 32 heavy (non-hydrogen) atoms. The molecule has 0 aliphatic rings. The van der Waals surface area contributed by atoms with Crippen LogP contribution in [0.2, 0.25) is 0 Å². The van der Waals surface area contributed by atoms with E-state index in [1.807, 2.05) is 36.4 Å². The summed E-state index contributed by atoms with van der Waals surface area (Å²) in [6.45, 7) is 0.270. The maximum atomic E-state index is 13.2. The van der Waals surface area contributed by atoms with Crippen LogP contribution in [-0.2, 0) is 21.2 Å². The number of amides is 1. The van der Waals surface area contributed by atoms with Gasteiger partial charge in [0.05, 0.1) is 33.1 Å². The summed E-state index contributed by atoms with van der Waals surface area (Å²) in [5.41, 5.74) is 1.54. The molecule has 0 spiro atoms. The van der Waals surface area contributed by atoms with E-state index in [1.54, 1.807) is 41.4 Å². The molecule has 2 aromatic carbocycles. The summed E-state index contributed by atoms with van der Waals surface area (Å²) < 4.78 is 27.0. The summed E-state index contributed by atoms with van der Waals surface area (Å²) in [5.74, 6) is -0.274. The lowest BCUT2D eigenvalue weighted by molar-refractivity contribution is -0.118. The second-order valence-electron chi connectivity index (χ2n) is 7.14. The zero-order chi connectivity index (χ0) is 22.6. The molecule has 0 radical (unpaired) electrons. The Bertz CT molecular complexity index is 1330. The molecule has 0 fully saturated rings. The molecule has 0 saturated heterocycles. The number of hydrogen-bond donors (Lipinski definition) is 0. The van der Waals surface area contributed by atoms with Gasteiger partial charge in [-0.25, -0.2) is 13.4 Å². The van der Waals surface area contributed by atoms with Crippen LogP contribution in [0.4, 0.5) is 5.13 Å². The highest BCUT2D eigenvalue weighted by Gasteiger charge is 2.22. The zero-order valence-electron chi connectivity index (χ0n) is 17.0. The highest BCUT2D eigenvalue weighted by Crippen LogP contribution is 2.32. The Morgan fingerprint density at radius 1 is 1.03 bits per heavy atom. The second-order valence-corrected chi connectivity index (χ2v) is 11.2. The third-order valence-corrected chi connectivity index (χ3v) is 8.17. The predicted molar refractivity (Wildman–Crippen MR) is 130 cm³/mol. The summed E-state index contributed by atoms with van der Waals surface area (Å²) in [7, 11) is -3.43. The minimum absolute atomic E-state index is 0.0903. The Kier molecular flexibility index (Phi) is 6.98. The van der Waals surface area contributed by atoms with Crippen LogP contribution in [0.5, 0.6) is 0 Å². The Balaban J connectivity index is 1.53. The highest BCUT2D eigenvalue weighted by atomic mass is 79.9. The third kappa shape index (κ3) is 5.40. The quantitative estimate of drug-likeness (QED) is 0.311. The molecule has 9 heteroatoms. The van der Waals surface area contributed by atoms with Crippen LogP contribution in [0.1, 0.15) is 18.5 Å². The lowest BCUT2D eigenvalue weighted by atomic mass is 10.2. The molecule has 0 N–H and O–H groups in total. The first kappa shape index (κ1) is 22.6. The molecule has 2 aromatic heterocycles. The number of carbonyl (C=O) groups is 1. The van der Waals surface area contributed by atoms with Gasteiger partial charge in [-0.2, -0.15) is 0 Å². The first-order chi connectivity index (χ1) is 15.4. The van der Waals surface area contributed by atoms with E-state index in [1.165, 1.54) is 11.3 Å². The fraction of sp³-hybridized carbons (Fsp3) is 0.174. The molecule has 6 nitrogen and oxygen atoms in total. The molecule has 0 aliphatic carbocycles. The van der Waals surface area contributed by atoms with Crippen molar-refractivity contribution in [1.82, 2.24) is 9.97 Å². The van der Waals surface area contributed by atoms with Gasteiger partial charge in [-0.1, -0.05) is 51.5 Å². The summed E-state index contributed by atoms with van der Waals surface area (Å²) in [6, 6.07) is 19.6. The number of carbonyl (C=O) groups excluding carboxylic acids is 1. The molecule has 1 amide bonds. The van der Waals surface area contributed by atoms with E-state index in [0.29, 0.717) is 5.13 Å². The highest BCUT2D eigenvalue weighted by molar-refractivity contribution is 9.10. The van der Waals surface area contributed by atoms with E-state index in [2.05, 4.69) is 25.9 Å². The van der Waals surface area contributed by atoms with Gasteiger partial charge >= 0.3 is 0 Å². The third-order valence-electron chi connectivity index (χ3n) is 4.82. The summed E-state index contributed by atoms with van der Waals surface area (Å²) in [5, 5.41) is 0.569. The Morgan fingerprint density at radius 2 is 1.81 bits per heavy atom. The number of halogens is 1. The van der Waals surface area contributed by atoms with E-state index in [4.69, 9.17) is 0 Å². The molecule has 4 aromatic rings. The summed E-state index contributed by atoms with van der Waals surface area (Å²) in [4.78, 5) is 24.0. The van der Waals surface area contributed by atoms with Crippen molar-refractivity contribution in [2.24, 2.45) is 0 Å². The van der Waals surface area contributed by atoms with E-state index in [-0.39, 0.29) is 35.9 Å². The normalized spacial score (nSPS) is 11.5. The van der Waals surface area contributed by atoms with Crippen LogP contribution in [0.3, 0.4) is 0 Å². The SMILES string of the molecule is O=C(CCCS(=O)(=O)c1ccccc1)N(Cc1ccccn1)c1nc2ccc(Br)cc2s1. The van der Waals surface area contributed by atoms with Crippen LogP contribution >= 0.6 is 27.3 Å². The fourth-order valence-corrected chi connectivity index (χ4v) is 6.08. The molecule has 0 atom stereocenters. The molecule has 0 unspecified atom stereocenters. The van der Waals surface area contributed by atoms with Crippen molar-refractivity contribution in [3.8, 4) is 0 Å². The van der Waals surface area contributed by atoms with Gasteiger partial charge in [0, 0.05) is 17.1 Å². The van der Waals surface area contributed by atoms with Crippen molar-refractivity contribution in [2.75, 3.05) is 10.7 Å². The van der Waals surface area contributed by atoms with Gasteiger partial charge in [-0.15, -0.1) is 0 Å². The summed E-state index contributed by atoms with van der Waals surface area (Å²) in [6.07, 6.45) is 2.00. The van der Waals surface area contributed by atoms with Crippen molar-refractivity contribution in [3.05, 3.63) is 83.1 Å². The molecule has 0 bridgehead atoms. The van der Waals surface area contributed by atoms with Crippen LogP contribution in [-0.4, -0.2) is 30.0 Å². The molecular formula is C23H20BrN3O3S2. The van der Waals surface area contributed by atoms with E-state index in [0.717, 1.165) is 20.4 Å². The molecule has 0 aliphatic heterocycles. The van der Waals surface area contributed by atoms with Gasteiger partial charge in [0.1, 0.15) is 0 Å². The van der Waals surface area contributed by atoms with Gasteiger partial charge in [0.15, 0.2) is 15.0 Å². The first-order valence-electron chi connectivity index (χ1n) is 9.96. The zero-order valence-corrected chi connectivity index (χ0v) is 20.2. The first-order valence-corrected chi connectivity index (χ1v) is 13.2. The van der Waals surface area contributed by atoms with Gasteiger partial charge < -0.3 is 0 Å². The molecule has 164 valence electrons. The minimum atomic E-state index is -3.43. The van der Waals surface area contributed by atoms with E-state index >= 15 is 0 Å². The fourth-order valence-electron chi connectivity index (χ4n) is 3.21. The standard InChI is InChI=1S/C23H20BrN3O3S2/c24-17-11-12-20-21(15-17)31-23(26-20)27(16-18-7-4-5-13-25-18)22(28)10-6-14-32(29,30)19-8-2-1-3-9-19/h1-5,7-9,11-13,15H,6,10,14,16H2. The average molecular weight is 530 g/mol. The van der Waals surface area contributed by atoms with Crippen molar-refractivity contribution in [3.63, 3.8) is 0 Å². The van der Waals surface area contributed by atoms with Gasteiger partial charge in [0.25, 0.3) is 0 Å². The number of nitrogens with zero attached hydrogens (tertiary/aromatic N) is 3. The van der Waals surface area contributed by atoms with Crippen molar-refractivity contribution in [1.29, 1.82) is 0 Å². The Labute approximate surface area is 199 Å². The topological polar surface area (TPSA) is 80.2 Å². The molecule has 2 heterocycles. The number of aromatic nitrogens is 2. The minimum Gasteiger partial charge on any atom is -0.282 e. The second kappa shape index (κ2) is 9.89.